The molecule has 5 nitrogen and oxygen atoms in total. The van der Waals surface area contributed by atoms with Gasteiger partial charge in [0.1, 0.15) is 17.0 Å². The van der Waals surface area contributed by atoms with Gasteiger partial charge in [0.05, 0.1) is 16.1 Å². The van der Waals surface area contributed by atoms with Crippen molar-refractivity contribution in [3.8, 4) is 11.1 Å². The maximum Gasteiger partial charge on any atom is 0.141 e. The first kappa shape index (κ1) is 18.7. The third-order valence-electron chi connectivity index (χ3n) is 5.44. The fraction of sp³-hybridized carbons (Fsp3) is 0.318. The molecule has 4 heterocycles. The number of rotatable bonds is 4. The molecule has 0 amide bonds. The van der Waals surface area contributed by atoms with Gasteiger partial charge < -0.3 is 4.90 Å². The molecule has 1 aromatic carbocycles. The third-order valence-corrected chi connectivity index (χ3v) is 7.15. The molecular formula is C22H23N5S2. The monoisotopic (exact) mass is 421 g/mol. The molecule has 1 fully saturated rings. The van der Waals surface area contributed by atoms with Gasteiger partial charge >= 0.3 is 0 Å². The lowest BCUT2D eigenvalue weighted by Gasteiger charge is -2.35. The number of anilines is 1. The minimum atomic E-state index is 0.935. The van der Waals surface area contributed by atoms with Crippen molar-refractivity contribution in [1.29, 1.82) is 0 Å². The Morgan fingerprint density at radius 1 is 0.931 bits per heavy atom. The summed E-state index contributed by atoms with van der Waals surface area (Å²) in [7, 11) is 0. The highest BCUT2D eigenvalue weighted by Gasteiger charge is 2.22. The third kappa shape index (κ3) is 3.77. The summed E-state index contributed by atoms with van der Waals surface area (Å²) in [6.45, 7) is 9.11. The van der Waals surface area contributed by atoms with E-state index in [0.29, 0.717) is 0 Å². The van der Waals surface area contributed by atoms with Gasteiger partial charge in [-0.05, 0) is 19.4 Å². The molecule has 148 valence electrons. The van der Waals surface area contributed by atoms with E-state index in [9.17, 15) is 0 Å². The molecule has 0 saturated carbocycles. The second kappa shape index (κ2) is 7.82. The van der Waals surface area contributed by atoms with Gasteiger partial charge in [0.25, 0.3) is 0 Å². The number of benzene rings is 1. The SMILES string of the molecule is Cc1ccc(-c2csc3ncnc(N4CCN(Cc5csc(C)n5)CC4)c23)cc1. The molecule has 29 heavy (non-hydrogen) atoms. The maximum absolute atomic E-state index is 4.71. The number of thiazole rings is 1. The highest BCUT2D eigenvalue weighted by molar-refractivity contribution is 7.17. The Morgan fingerprint density at radius 3 is 2.45 bits per heavy atom. The molecule has 0 unspecified atom stereocenters. The average molecular weight is 422 g/mol. The van der Waals surface area contributed by atoms with Crippen LogP contribution in [-0.4, -0.2) is 46.0 Å². The van der Waals surface area contributed by atoms with Gasteiger partial charge in [-0.2, -0.15) is 0 Å². The summed E-state index contributed by atoms with van der Waals surface area (Å²) in [4.78, 5) is 19.8. The van der Waals surface area contributed by atoms with E-state index in [1.165, 1.54) is 27.8 Å². The minimum absolute atomic E-state index is 0.935. The van der Waals surface area contributed by atoms with Gasteiger partial charge in [-0.25, -0.2) is 15.0 Å². The number of hydrogen-bond acceptors (Lipinski definition) is 7. The van der Waals surface area contributed by atoms with Crippen LogP contribution in [0, 0.1) is 13.8 Å². The fourth-order valence-electron chi connectivity index (χ4n) is 3.87. The summed E-state index contributed by atoms with van der Waals surface area (Å²) in [5, 5.41) is 6.72. The number of piperazine rings is 1. The van der Waals surface area contributed by atoms with Crippen molar-refractivity contribution < 1.29 is 0 Å². The Labute approximate surface area is 178 Å². The Kier molecular flexibility index (Phi) is 5.03. The van der Waals surface area contributed by atoms with E-state index in [0.717, 1.165) is 48.4 Å². The predicted octanol–water partition coefficient (Wildman–Crippen LogP) is 4.75. The van der Waals surface area contributed by atoms with Crippen molar-refractivity contribution in [2.45, 2.75) is 20.4 Å². The number of nitrogens with zero attached hydrogens (tertiary/aromatic N) is 5. The molecule has 0 spiro atoms. The molecule has 0 atom stereocenters. The lowest BCUT2D eigenvalue weighted by atomic mass is 10.0. The summed E-state index contributed by atoms with van der Waals surface area (Å²) in [5.41, 5.74) is 4.93. The van der Waals surface area contributed by atoms with E-state index in [-0.39, 0.29) is 0 Å². The molecule has 0 bridgehead atoms. The molecule has 0 aliphatic carbocycles. The summed E-state index contributed by atoms with van der Waals surface area (Å²) in [6, 6.07) is 8.73. The lowest BCUT2D eigenvalue weighted by molar-refractivity contribution is 0.247. The average Bonchev–Trinajstić information content (AvgIpc) is 3.35. The van der Waals surface area contributed by atoms with Gasteiger partial charge in [-0.15, -0.1) is 22.7 Å². The van der Waals surface area contributed by atoms with Crippen LogP contribution in [0.4, 0.5) is 5.82 Å². The van der Waals surface area contributed by atoms with E-state index in [4.69, 9.17) is 4.98 Å². The second-order valence-electron chi connectivity index (χ2n) is 7.51. The van der Waals surface area contributed by atoms with Crippen LogP contribution in [0.2, 0.25) is 0 Å². The summed E-state index contributed by atoms with van der Waals surface area (Å²) in [5.74, 6) is 1.07. The maximum atomic E-state index is 4.71. The van der Waals surface area contributed by atoms with E-state index in [1.54, 1.807) is 29.0 Å². The highest BCUT2D eigenvalue weighted by atomic mass is 32.1. The normalized spacial score (nSPS) is 15.3. The number of thiophene rings is 1. The van der Waals surface area contributed by atoms with Crippen LogP contribution in [0.5, 0.6) is 0 Å². The number of fused-ring (bicyclic) bond motifs is 1. The van der Waals surface area contributed by atoms with Crippen molar-refractivity contribution in [3.63, 3.8) is 0 Å². The van der Waals surface area contributed by atoms with Crippen LogP contribution in [0.3, 0.4) is 0 Å². The van der Waals surface area contributed by atoms with Gasteiger partial charge in [0, 0.05) is 49.0 Å². The van der Waals surface area contributed by atoms with E-state index in [2.05, 4.69) is 68.6 Å². The Bertz CT molecular complexity index is 1120. The van der Waals surface area contributed by atoms with Gasteiger partial charge in [0.15, 0.2) is 0 Å². The van der Waals surface area contributed by atoms with E-state index in [1.807, 2.05) is 0 Å². The van der Waals surface area contributed by atoms with E-state index >= 15 is 0 Å². The van der Waals surface area contributed by atoms with Gasteiger partial charge in [0.2, 0.25) is 0 Å². The molecule has 7 heteroatoms. The van der Waals surface area contributed by atoms with Crippen molar-refractivity contribution >= 4 is 38.7 Å². The van der Waals surface area contributed by atoms with Crippen molar-refractivity contribution in [1.82, 2.24) is 19.9 Å². The molecule has 1 saturated heterocycles. The highest BCUT2D eigenvalue weighted by Crippen LogP contribution is 2.38. The first-order chi connectivity index (χ1) is 14.2. The minimum Gasteiger partial charge on any atom is -0.353 e. The van der Waals surface area contributed by atoms with Crippen molar-refractivity contribution in [3.05, 3.63) is 57.6 Å². The van der Waals surface area contributed by atoms with Crippen LogP contribution in [0.1, 0.15) is 16.3 Å². The quantitative estimate of drug-likeness (QED) is 0.476. The topological polar surface area (TPSA) is 45.2 Å². The zero-order valence-electron chi connectivity index (χ0n) is 16.6. The molecule has 0 radical (unpaired) electrons. The van der Waals surface area contributed by atoms with Crippen LogP contribution >= 0.6 is 22.7 Å². The molecule has 0 N–H and O–H groups in total. The van der Waals surface area contributed by atoms with Crippen LogP contribution in [-0.2, 0) is 6.54 Å². The summed E-state index contributed by atoms with van der Waals surface area (Å²) >= 11 is 3.43. The zero-order chi connectivity index (χ0) is 19.8. The van der Waals surface area contributed by atoms with Crippen LogP contribution in [0.25, 0.3) is 21.3 Å². The number of aryl methyl sites for hydroxylation is 2. The number of aromatic nitrogens is 3. The predicted molar refractivity (Wildman–Crippen MR) is 122 cm³/mol. The largest absolute Gasteiger partial charge is 0.353 e. The number of hydrogen-bond donors (Lipinski definition) is 0. The lowest BCUT2D eigenvalue weighted by Crippen LogP contribution is -2.46. The molecule has 1 aliphatic rings. The molecular weight excluding hydrogens is 398 g/mol. The Morgan fingerprint density at radius 2 is 1.72 bits per heavy atom. The van der Waals surface area contributed by atoms with Crippen LogP contribution in [0.15, 0.2) is 41.4 Å². The van der Waals surface area contributed by atoms with Gasteiger partial charge in [-0.1, -0.05) is 29.8 Å². The first-order valence-corrected chi connectivity index (χ1v) is 11.6. The van der Waals surface area contributed by atoms with Crippen molar-refractivity contribution in [2.24, 2.45) is 0 Å². The van der Waals surface area contributed by atoms with E-state index < -0.39 is 0 Å². The molecule has 3 aromatic heterocycles. The zero-order valence-corrected chi connectivity index (χ0v) is 18.3. The fourth-order valence-corrected chi connectivity index (χ4v) is 5.39. The smallest absolute Gasteiger partial charge is 0.141 e. The van der Waals surface area contributed by atoms with Crippen molar-refractivity contribution in [2.75, 3.05) is 31.1 Å². The molecule has 4 aromatic rings. The Balaban J connectivity index is 1.39. The first-order valence-electron chi connectivity index (χ1n) is 9.85. The Hall–Kier alpha value is -2.35. The standard InChI is InChI=1S/C22H23N5S2/c1-15-3-5-17(6-4-15)19-13-29-22-20(19)21(23-14-24-22)27-9-7-26(8-10-27)11-18-12-28-16(2)25-18/h3-6,12-14H,7-11H2,1-2H3. The second-order valence-corrected chi connectivity index (χ2v) is 9.43. The summed E-state index contributed by atoms with van der Waals surface area (Å²) in [6.07, 6.45) is 1.71. The molecule has 5 rings (SSSR count). The summed E-state index contributed by atoms with van der Waals surface area (Å²) < 4.78 is 0. The van der Waals surface area contributed by atoms with Crippen LogP contribution < -0.4 is 4.90 Å². The van der Waals surface area contributed by atoms with Gasteiger partial charge in [-0.3, -0.25) is 4.90 Å². The molecule has 1 aliphatic heterocycles.